The van der Waals surface area contributed by atoms with Crippen molar-refractivity contribution in [3.05, 3.63) is 81.9 Å². The first kappa shape index (κ1) is 23.9. The second kappa shape index (κ2) is 9.79. The number of halogens is 1. The maximum Gasteiger partial charge on any atom is 0.271 e. The highest BCUT2D eigenvalue weighted by Crippen LogP contribution is 2.33. The number of carbonyl (C=O) groups excluding carboxylic acids is 1. The lowest BCUT2D eigenvalue weighted by Gasteiger charge is -2.34. The molecule has 1 amide bonds. The predicted molar refractivity (Wildman–Crippen MR) is 142 cm³/mol. The average Bonchev–Trinajstić information content (AvgIpc) is 3.35. The Hall–Kier alpha value is -3.43. The number of pyridine rings is 1. The molecular formula is C28H28FN5O2S. The Morgan fingerprint density at radius 1 is 1.08 bits per heavy atom. The van der Waals surface area contributed by atoms with Gasteiger partial charge in [0.2, 0.25) is 11.9 Å². The Balaban J connectivity index is 1.18. The lowest BCUT2D eigenvalue weighted by Crippen LogP contribution is -2.47. The second-order valence-corrected chi connectivity index (χ2v) is 11.0. The van der Waals surface area contributed by atoms with E-state index in [-0.39, 0.29) is 17.5 Å². The van der Waals surface area contributed by atoms with Crippen LogP contribution in [0.1, 0.15) is 36.1 Å². The lowest BCUT2D eigenvalue weighted by atomic mass is 9.87. The highest BCUT2D eigenvalue weighted by atomic mass is 32.1. The molecule has 1 aliphatic carbocycles. The second-order valence-electron chi connectivity index (χ2n) is 9.93. The minimum absolute atomic E-state index is 0.0221. The molecule has 4 heterocycles. The van der Waals surface area contributed by atoms with Crippen LogP contribution in [0, 0.1) is 5.95 Å². The Labute approximate surface area is 218 Å². The van der Waals surface area contributed by atoms with E-state index < -0.39 is 5.95 Å². The van der Waals surface area contributed by atoms with Crippen molar-refractivity contribution in [2.45, 2.75) is 38.8 Å². The number of hydrogen-bond acceptors (Lipinski definition) is 6. The number of carbonyl (C=O) groups is 1. The molecule has 7 nitrogen and oxygen atoms in total. The van der Waals surface area contributed by atoms with E-state index in [0.29, 0.717) is 10.2 Å². The summed E-state index contributed by atoms with van der Waals surface area (Å²) in [5, 5.41) is 0. The molecule has 0 bridgehead atoms. The number of rotatable bonds is 4. The molecule has 4 aromatic rings. The third-order valence-corrected chi connectivity index (χ3v) is 8.73. The van der Waals surface area contributed by atoms with Gasteiger partial charge in [0.25, 0.3) is 5.56 Å². The van der Waals surface area contributed by atoms with Gasteiger partial charge in [-0.1, -0.05) is 18.2 Å². The van der Waals surface area contributed by atoms with Gasteiger partial charge in [0.1, 0.15) is 4.70 Å². The van der Waals surface area contributed by atoms with E-state index in [9.17, 15) is 14.0 Å². The summed E-state index contributed by atoms with van der Waals surface area (Å²) in [4.78, 5) is 38.5. The molecule has 1 aliphatic heterocycles. The van der Waals surface area contributed by atoms with Gasteiger partial charge in [0, 0.05) is 62.3 Å². The summed E-state index contributed by atoms with van der Waals surface area (Å²) >= 11 is 1.38. The van der Waals surface area contributed by atoms with Gasteiger partial charge in [-0.05, 0) is 54.2 Å². The summed E-state index contributed by atoms with van der Waals surface area (Å²) in [6.45, 7) is 5.92. The summed E-state index contributed by atoms with van der Waals surface area (Å²) in [6, 6.07) is 11.7. The van der Waals surface area contributed by atoms with E-state index in [0.717, 1.165) is 62.4 Å². The molecule has 9 heteroatoms. The maximum absolute atomic E-state index is 13.4. The van der Waals surface area contributed by atoms with Gasteiger partial charge in [-0.2, -0.15) is 4.39 Å². The Bertz CT molecular complexity index is 1520. The van der Waals surface area contributed by atoms with Gasteiger partial charge in [-0.15, -0.1) is 11.3 Å². The molecule has 3 aromatic heterocycles. The number of fused-ring (bicyclic) bond motifs is 2. The van der Waals surface area contributed by atoms with Crippen LogP contribution in [0.4, 0.5) is 4.39 Å². The zero-order chi connectivity index (χ0) is 25.5. The molecule has 0 N–H and O–H groups in total. The van der Waals surface area contributed by atoms with Gasteiger partial charge in [-0.3, -0.25) is 19.1 Å². The molecule has 2 aliphatic rings. The van der Waals surface area contributed by atoms with E-state index in [1.807, 2.05) is 11.0 Å². The van der Waals surface area contributed by atoms with E-state index in [1.165, 1.54) is 40.3 Å². The molecule has 0 radical (unpaired) electrons. The minimum Gasteiger partial charge on any atom is -0.340 e. The van der Waals surface area contributed by atoms with Crippen LogP contribution in [0.25, 0.3) is 20.7 Å². The first-order valence-corrected chi connectivity index (χ1v) is 13.5. The molecule has 0 saturated carbocycles. The number of hydrogen-bond donors (Lipinski definition) is 0. The van der Waals surface area contributed by atoms with E-state index in [1.54, 1.807) is 23.9 Å². The van der Waals surface area contributed by atoms with Crippen molar-refractivity contribution in [2.24, 2.45) is 0 Å². The van der Waals surface area contributed by atoms with Crippen LogP contribution in [0.2, 0.25) is 0 Å². The summed E-state index contributed by atoms with van der Waals surface area (Å²) in [5.41, 5.74) is 5.37. The first-order chi connectivity index (χ1) is 17.9. The molecular weight excluding hydrogens is 489 g/mol. The molecule has 37 heavy (non-hydrogen) atoms. The zero-order valence-electron chi connectivity index (χ0n) is 20.7. The van der Waals surface area contributed by atoms with Crippen LogP contribution >= 0.6 is 11.3 Å². The molecule has 1 saturated heterocycles. The van der Waals surface area contributed by atoms with Gasteiger partial charge >= 0.3 is 0 Å². The Morgan fingerprint density at radius 3 is 2.68 bits per heavy atom. The van der Waals surface area contributed by atoms with Crippen LogP contribution in [0.3, 0.4) is 0 Å². The molecule has 1 atom stereocenters. The molecule has 190 valence electrons. The van der Waals surface area contributed by atoms with Gasteiger partial charge < -0.3 is 4.90 Å². The van der Waals surface area contributed by atoms with Crippen molar-refractivity contribution in [1.82, 2.24) is 24.3 Å². The van der Waals surface area contributed by atoms with Crippen molar-refractivity contribution < 1.29 is 9.18 Å². The van der Waals surface area contributed by atoms with Crippen LogP contribution in [0.5, 0.6) is 0 Å². The van der Waals surface area contributed by atoms with Crippen molar-refractivity contribution >= 4 is 27.5 Å². The SMILES string of the molecule is CC(=O)N1CCN(Cc2ccc3c(c2)CC[C@H](n2cnc4cc(-c5ccc(F)nc5)sc4c2=O)C3)CC1. The fourth-order valence-corrected chi connectivity index (χ4v) is 6.49. The van der Waals surface area contributed by atoms with Crippen LogP contribution < -0.4 is 5.56 Å². The number of amides is 1. The summed E-state index contributed by atoms with van der Waals surface area (Å²) in [6.07, 6.45) is 5.78. The average molecular weight is 518 g/mol. The summed E-state index contributed by atoms with van der Waals surface area (Å²) in [5.74, 6) is -0.372. The van der Waals surface area contributed by atoms with Gasteiger partial charge in [0.15, 0.2) is 0 Å². The van der Waals surface area contributed by atoms with Gasteiger partial charge in [-0.25, -0.2) is 9.97 Å². The third kappa shape index (κ3) is 4.81. The number of aromatic nitrogens is 3. The third-order valence-electron chi connectivity index (χ3n) is 7.56. The zero-order valence-corrected chi connectivity index (χ0v) is 21.5. The molecule has 6 rings (SSSR count). The topological polar surface area (TPSA) is 71.3 Å². The molecule has 1 aromatic carbocycles. The fourth-order valence-electron chi connectivity index (χ4n) is 5.45. The Kier molecular flexibility index (Phi) is 6.34. The normalized spacial score (nSPS) is 18.2. The summed E-state index contributed by atoms with van der Waals surface area (Å²) < 4.78 is 15.6. The lowest BCUT2D eigenvalue weighted by molar-refractivity contribution is -0.130. The quantitative estimate of drug-likeness (QED) is 0.382. The molecule has 0 unspecified atom stereocenters. The maximum atomic E-state index is 13.4. The largest absolute Gasteiger partial charge is 0.340 e. The van der Waals surface area contributed by atoms with Crippen LogP contribution in [-0.4, -0.2) is 56.4 Å². The standard InChI is InChI=1S/C28H28FN5O2S/c1-18(35)33-10-8-32(9-11-33)16-19-2-3-21-13-23(6-4-20(21)12-19)34-17-31-24-14-25(37-27(24)28(34)36)22-5-7-26(29)30-15-22/h2-3,5,7,12,14-15,17,23H,4,6,8-11,13,16H2,1H3/t23-/m0/s1. The van der Waals surface area contributed by atoms with Crippen molar-refractivity contribution in [3.63, 3.8) is 0 Å². The monoisotopic (exact) mass is 517 g/mol. The van der Waals surface area contributed by atoms with Crippen LogP contribution in [-0.2, 0) is 24.2 Å². The fraction of sp³-hybridized carbons (Fsp3) is 0.357. The van der Waals surface area contributed by atoms with Crippen molar-refractivity contribution in [2.75, 3.05) is 26.2 Å². The predicted octanol–water partition coefficient (Wildman–Crippen LogP) is 4.05. The smallest absolute Gasteiger partial charge is 0.271 e. The van der Waals surface area contributed by atoms with Crippen molar-refractivity contribution in [1.29, 1.82) is 0 Å². The highest BCUT2D eigenvalue weighted by Gasteiger charge is 2.24. The van der Waals surface area contributed by atoms with E-state index in [2.05, 4.69) is 33.1 Å². The Morgan fingerprint density at radius 2 is 1.92 bits per heavy atom. The number of aryl methyl sites for hydroxylation is 1. The number of thiophene rings is 1. The number of piperazine rings is 1. The molecule has 0 spiro atoms. The van der Waals surface area contributed by atoms with E-state index >= 15 is 0 Å². The van der Waals surface area contributed by atoms with Crippen molar-refractivity contribution in [3.8, 4) is 10.4 Å². The van der Waals surface area contributed by atoms with E-state index in [4.69, 9.17) is 0 Å². The summed E-state index contributed by atoms with van der Waals surface area (Å²) in [7, 11) is 0. The van der Waals surface area contributed by atoms with Crippen LogP contribution in [0.15, 0.2) is 53.7 Å². The first-order valence-electron chi connectivity index (χ1n) is 12.7. The van der Waals surface area contributed by atoms with Gasteiger partial charge in [0.05, 0.1) is 11.8 Å². The highest BCUT2D eigenvalue weighted by molar-refractivity contribution is 7.22. The number of nitrogens with zero attached hydrogens (tertiary/aromatic N) is 5. The molecule has 1 fully saturated rings. The number of benzene rings is 1. The minimum atomic E-state index is -0.525.